The maximum atomic E-state index is 13.8. The number of ether oxygens (including phenoxy) is 1. The molecule has 4 heterocycles. The normalized spacial score (nSPS) is 23.5. The number of rotatable bonds is 5. The molecular formula is C30H39N5O4. The standard InChI is InChI=1S/C30H39N5O4/c1-4-31-28(38)33-25-10-9-21(24-8-5-6-14-32-24)18-23(25)26(36)34-16-11-22(12-17-34)35-15-7-13-30(20-35)19-29(2,3)39-27(30)37/h5-6,8-10,14,18,22H,4,7,11-13,15-17,19-20H2,1-3H3,(H2,31,33,38). The summed E-state index contributed by atoms with van der Waals surface area (Å²) in [5, 5.41) is 5.57. The predicted octanol–water partition coefficient (Wildman–Crippen LogP) is 4.30. The molecule has 2 aromatic rings. The number of nitrogens with one attached hydrogen (secondary N) is 2. The minimum Gasteiger partial charge on any atom is -0.459 e. The third-order valence-corrected chi connectivity index (χ3v) is 8.24. The van der Waals surface area contributed by atoms with E-state index in [0.717, 1.165) is 56.5 Å². The third kappa shape index (κ3) is 5.78. The molecule has 3 fully saturated rings. The average molecular weight is 534 g/mol. The number of esters is 1. The number of cyclic esters (lactones) is 1. The van der Waals surface area contributed by atoms with Crippen molar-refractivity contribution in [2.45, 2.75) is 64.5 Å². The first-order valence-electron chi connectivity index (χ1n) is 14.1. The Morgan fingerprint density at radius 3 is 2.59 bits per heavy atom. The van der Waals surface area contributed by atoms with Gasteiger partial charge in [-0.25, -0.2) is 4.79 Å². The van der Waals surface area contributed by atoms with Gasteiger partial charge in [0.15, 0.2) is 0 Å². The maximum Gasteiger partial charge on any atom is 0.319 e. The van der Waals surface area contributed by atoms with Crippen LogP contribution in [0.15, 0.2) is 42.6 Å². The zero-order valence-electron chi connectivity index (χ0n) is 23.2. The van der Waals surface area contributed by atoms with Gasteiger partial charge in [0.2, 0.25) is 0 Å². The van der Waals surface area contributed by atoms with Gasteiger partial charge in [0.1, 0.15) is 5.60 Å². The van der Waals surface area contributed by atoms with Crippen molar-refractivity contribution < 1.29 is 19.1 Å². The van der Waals surface area contributed by atoms with Crippen LogP contribution in [0.4, 0.5) is 10.5 Å². The molecule has 3 amide bonds. The van der Waals surface area contributed by atoms with Crippen molar-refractivity contribution in [1.29, 1.82) is 0 Å². The molecule has 0 bridgehead atoms. The van der Waals surface area contributed by atoms with Crippen LogP contribution in [0.5, 0.6) is 0 Å². The van der Waals surface area contributed by atoms with Crippen LogP contribution in [0.3, 0.4) is 0 Å². The number of anilines is 1. The number of carbonyl (C=O) groups excluding carboxylic acids is 3. The van der Waals surface area contributed by atoms with E-state index in [1.807, 2.05) is 56.0 Å². The lowest BCUT2D eigenvalue weighted by atomic mass is 9.74. The number of hydrogen-bond acceptors (Lipinski definition) is 6. The second kappa shape index (κ2) is 11.0. The quantitative estimate of drug-likeness (QED) is 0.556. The molecule has 208 valence electrons. The van der Waals surface area contributed by atoms with E-state index < -0.39 is 11.0 Å². The molecule has 9 heteroatoms. The van der Waals surface area contributed by atoms with E-state index in [-0.39, 0.29) is 17.9 Å². The summed E-state index contributed by atoms with van der Waals surface area (Å²) in [4.78, 5) is 47.7. The van der Waals surface area contributed by atoms with Crippen molar-refractivity contribution in [3.8, 4) is 11.3 Å². The highest BCUT2D eigenvalue weighted by atomic mass is 16.6. The van der Waals surface area contributed by atoms with Crippen LogP contribution in [0, 0.1) is 5.41 Å². The van der Waals surface area contributed by atoms with Crippen molar-refractivity contribution in [1.82, 2.24) is 20.1 Å². The average Bonchev–Trinajstić information content (AvgIpc) is 3.15. The van der Waals surface area contributed by atoms with E-state index in [0.29, 0.717) is 36.9 Å². The highest BCUT2D eigenvalue weighted by Gasteiger charge is 2.54. The van der Waals surface area contributed by atoms with E-state index in [2.05, 4.69) is 20.5 Å². The summed E-state index contributed by atoms with van der Waals surface area (Å²) in [6.45, 7) is 9.29. The van der Waals surface area contributed by atoms with Crippen molar-refractivity contribution in [2.24, 2.45) is 5.41 Å². The van der Waals surface area contributed by atoms with Gasteiger partial charge in [0.05, 0.1) is 22.4 Å². The van der Waals surface area contributed by atoms with Crippen molar-refractivity contribution in [2.75, 3.05) is 38.0 Å². The second-order valence-corrected chi connectivity index (χ2v) is 11.7. The van der Waals surface area contributed by atoms with Crippen molar-refractivity contribution in [3.63, 3.8) is 0 Å². The Labute approximate surface area is 230 Å². The fraction of sp³-hybridized carbons (Fsp3) is 0.533. The molecule has 1 atom stereocenters. The smallest absolute Gasteiger partial charge is 0.319 e. The van der Waals surface area contributed by atoms with Crippen LogP contribution in [0.25, 0.3) is 11.3 Å². The predicted molar refractivity (Wildman–Crippen MR) is 149 cm³/mol. The summed E-state index contributed by atoms with van der Waals surface area (Å²) in [7, 11) is 0. The highest BCUT2D eigenvalue weighted by Crippen LogP contribution is 2.46. The molecule has 1 spiro atoms. The highest BCUT2D eigenvalue weighted by molar-refractivity contribution is 6.04. The molecule has 0 aliphatic carbocycles. The topological polar surface area (TPSA) is 104 Å². The number of benzene rings is 1. The first kappa shape index (κ1) is 27.1. The largest absolute Gasteiger partial charge is 0.459 e. The lowest BCUT2D eigenvalue weighted by Gasteiger charge is -2.45. The number of pyridine rings is 1. The number of aromatic nitrogens is 1. The van der Waals surface area contributed by atoms with E-state index in [4.69, 9.17) is 4.74 Å². The van der Waals surface area contributed by atoms with Crippen LogP contribution in [0.2, 0.25) is 0 Å². The second-order valence-electron chi connectivity index (χ2n) is 11.7. The van der Waals surface area contributed by atoms with Gasteiger partial charge >= 0.3 is 12.0 Å². The van der Waals surface area contributed by atoms with Crippen LogP contribution >= 0.6 is 0 Å². The van der Waals surface area contributed by atoms with Crippen LogP contribution < -0.4 is 10.6 Å². The van der Waals surface area contributed by atoms with Crippen LogP contribution in [-0.4, -0.2) is 77.1 Å². The summed E-state index contributed by atoms with van der Waals surface area (Å²) in [6, 6.07) is 11.1. The van der Waals surface area contributed by atoms with E-state index in [1.54, 1.807) is 12.3 Å². The Kier molecular flexibility index (Phi) is 7.62. The Bertz CT molecular complexity index is 1230. The minimum absolute atomic E-state index is 0.0512. The summed E-state index contributed by atoms with van der Waals surface area (Å²) < 4.78 is 5.71. The van der Waals surface area contributed by atoms with Gasteiger partial charge in [-0.2, -0.15) is 0 Å². The molecule has 3 saturated heterocycles. The van der Waals surface area contributed by atoms with Gasteiger partial charge in [-0.05, 0) is 77.3 Å². The van der Waals surface area contributed by atoms with E-state index in [1.165, 1.54) is 0 Å². The first-order chi connectivity index (χ1) is 18.7. The number of piperidine rings is 2. The number of likely N-dealkylation sites (tertiary alicyclic amines) is 2. The Morgan fingerprint density at radius 1 is 1.13 bits per heavy atom. The molecule has 39 heavy (non-hydrogen) atoms. The van der Waals surface area contributed by atoms with Crippen LogP contribution in [-0.2, 0) is 9.53 Å². The van der Waals surface area contributed by atoms with Gasteiger partial charge in [0.25, 0.3) is 5.91 Å². The van der Waals surface area contributed by atoms with Crippen LogP contribution in [0.1, 0.15) is 63.2 Å². The molecule has 1 unspecified atom stereocenters. The van der Waals surface area contributed by atoms with Gasteiger partial charge in [-0.15, -0.1) is 0 Å². The number of carbonyl (C=O) groups is 3. The first-order valence-corrected chi connectivity index (χ1v) is 14.1. The van der Waals surface area contributed by atoms with Gasteiger partial charge in [-0.1, -0.05) is 12.1 Å². The number of urea groups is 1. The van der Waals surface area contributed by atoms with Gasteiger partial charge in [0, 0.05) is 50.4 Å². The lowest BCUT2D eigenvalue weighted by molar-refractivity contribution is -0.154. The zero-order chi connectivity index (χ0) is 27.6. The lowest BCUT2D eigenvalue weighted by Crippen LogP contribution is -2.53. The minimum atomic E-state index is -0.403. The number of hydrogen-bond donors (Lipinski definition) is 2. The third-order valence-electron chi connectivity index (χ3n) is 8.24. The molecule has 9 nitrogen and oxygen atoms in total. The molecule has 1 aromatic carbocycles. The summed E-state index contributed by atoms with van der Waals surface area (Å²) in [6.07, 6.45) is 6.05. The Balaban J connectivity index is 1.29. The molecule has 1 aromatic heterocycles. The molecule has 0 saturated carbocycles. The fourth-order valence-corrected chi connectivity index (χ4v) is 6.53. The molecule has 2 N–H and O–H groups in total. The van der Waals surface area contributed by atoms with Crippen molar-refractivity contribution >= 4 is 23.6 Å². The van der Waals surface area contributed by atoms with Crippen molar-refractivity contribution in [3.05, 3.63) is 48.2 Å². The van der Waals surface area contributed by atoms with E-state index in [9.17, 15) is 14.4 Å². The molecule has 5 rings (SSSR count). The molecule has 3 aliphatic heterocycles. The zero-order valence-corrected chi connectivity index (χ0v) is 23.2. The number of nitrogens with zero attached hydrogens (tertiary/aromatic N) is 3. The fourth-order valence-electron chi connectivity index (χ4n) is 6.53. The molecular weight excluding hydrogens is 494 g/mol. The Morgan fingerprint density at radius 2 is 1.92 bits per heavy atom. The van der Waals surface area contributed by atoms with E-state index >= 15 is 0 Å². The summed E-state index contributed by atoms with van der Waals surface area (Å²) in [5.41, 5.74) is 1.71. The maximum absolute atomic E-state index is 13.8. The molecule has 3 aliphatic rings. The van der Waals surface area contributed by atoms with Gasteiger partial charge in [-0.3, -0.25) is 19.5 Å². The van der Waals surface area contributed by atoms with Gasteiger partial charge < -0.3 is 20.3 Å². The SMILES string of the molecule is CCNC(=O)Nc1ccc(-c2ccccn2)cc1C(=O)N1CCC(N2CCCC3(C2)CC(C)(C)OC3=O)CC1. The monoisotopic (exact) mass is 533 g/mol. The number of amides is 3. The summed E-state index contributed by atoms with van der Waals surface area (Å²) in [5.74, 6) is -0.154. The summed E-state index contributed by atoms with van der Waals surface area (Å²) >= 11 is 0. The molecule has 0 radical (unpaired) electrons. The Hall–Kier alpha value is -3.46.